The number of carbonyl (C=O) groups excluding carboxylic acids is 1. The molecule has 0 bridgehead atoms. The second-order valence-corrected chi connectivity index (χ2v) is 7.41. The number of carbonyl (C=O) groups is 1. The van der Waals surface area contributed by atoms with Gasteiger partial charge in [0.15, 0.2) is 4.96 Å². The van der Waals surface area contributed by atoms with E-state index in [9.17, 15) is 9.18 Å². The zero-order valence-electron chi connectivity index (χ0n) is 15.3. The lowest BCUT2D eigenvalue weighted by atomic mass is 10.1. The molecule has 0 aliphatic rings. The van der Waals surface area contributed by atoms with Crippen LogP contribution in [0.5, 0.6) is 0 Å². The first kappa shape index (κ1) is 18.4. The predicted octanol–water partition coefficient (Wildman–Crippen LogP) is 4.49. The molecule has 0 unspecified atom stereocenters. The van der Waals surface area contributed by atoms with Crippen LogP contribution in [0.25, 0.3) is 16.2 Å². The molecule has 0 spiro atoms. The number of aromatic nitrogens is 2. The van der Waals surface area contributed by atoms with E-state index in [-0.39, 0.29) is 11.7 Å². The largest absolute Gasteiger partial charge is 0.356 e. The highest BCUT2D eigenvalue weighted by Crippen LogP contribution is 2.26. The van der Waals surface area contributed by atoms with Gasteiger partial charge in [-0.1, -0.05) is 42.5 Å². The van der Waals surface area contributed by atoms with E-state index in [1.165, 1.54) is 23.0 Å². The van der Waals surface area contributed by atoms with E-state index in [0.717, 1.165) is 17.1 Å². The van der Waals surface area contributed by atoms with Crippen molar-refractivity contribution in [3.8, 4) is 11.3 Å². The molecule has 4 rings (SSSR count). The lowest BCUT2D eigenvalue weighted by Crippen LogP contribution is -2.25. The second-order valence-electron chi connectivity index (χ2n) is 6.57. The van der Waals surface area contributed by atoms with Gasteiger partial charge in [0.2, 0.25) is 5.91 Å². The van der Waals surface area contributed by atoms with Gasteiger partial charge >= 0.3 is 0 Å². The number of hydrogen-bond donors (Lipinski definition) is 1. The third-order valence-corrected chi connectivity index (χ3v) is 5.51. The lowest BCUT2D eigenvalue weighted by Gasteiger charge is -2.05. The Labute approximate surface area is 166 Å². The third-order valence-electron chi connectivity index (χ3n) is 4.62. The van der Waals surface area contributed by atoms with Crippen molar-refractivity contribution in [3.63, 3.8) is 0 Å². The number of hydrogen-bond acceptors (Lipinski definition) is 3. The molecule has 1 amide bonds. The normalized spacial score (nSPS) is 11.0. The SMILES string of the molecule is O=C(CCc1csc2nc(-c3ccccc3F)cn12)NCCc1ccccc1. The summed E-state index contributed by atoms with van der Waals surface area (Å²) in [7, 11) is 0. The molecule has 6 heteroatoms. The van der Waals surface area contributed by atoms with E-state index in [1.54, 1.807) is 18.2 Å². The quantitative estimate of drug-likeness (QED) is 0.503. The highest BCUT2D eigenvalue weighted by Gasteiger charge is 2.13. The summed E-state index contributed by atoms with van der Waals surface area (Å²) in [6.07, 6.45) is 3.69. The topological polar surface area (TPSA) is 46.4 Å². The van der Waals surface area contributed by atoms with Gasteiger partial charge in [-0.05, 0) is 30.5 Å². The molecule has 142 valence electrons. The minimum atomic E-state index is -0.285. The Hall–Kier alpha value is -2.99. The van der Waals surface area contributed by atoms with Gasteiger partial charge in [0, 0.05) is 35.8 Å². The molecule has 0 saturated carbocycles. The molecule has 0 fully saturated rings. The maximum Gasteiger partial charge on any atom is 0.220 e. The highest BCUT2D eigenvalue weighted by atomic mass is 32.1. The van der Waals surface area contributed by atoms with Gasteiger partial charge in [0.1, 0.15) is 5.82 Å². The first-order valence-electron chi connectivity index (χ1n) is 9.22. The first-order chi connectivity index (χ1) is 13.7. The average molecular weight is 393 g/mol. The van der Waals surface area contributed by atoms with Crippen LogP contribution in [0.15, 0.2) is 66.2 Å². The highest BCUT2D eigenvalue weighted by molar-refractivity contribution is 7.15. The van der Waals surface area contributed by atoms with Crippen molar-refractivity contribution in [3.05, 3.63) is 83.2 Å². The molecule has 4 nitrogen and oxygen atoms in total. The van der Waals surface area contributed by atoms with Crippen LogP contribution in [0.2, 0.25) is 0 Å². The number of nitrogens with zero attached hydrogens (tertiary/aromatic N) is 2. The van der Waals surface area contributed by atoms with Crippen LogP contribution in [0.4, 0.5) is 4.39 Å². The van der Waals surface area contributed by atoms with Gasteiger partial charge in [-0.15, -0.1) is 11.3 Å². The standard InChI is InChI=1S/C22H20FN3OS/c23-19-9-5-4-8-18(19)20-14-26-17(15-28-22(26)25-20)10-11-21(27)24-13-12-16-6-2-1-3-7-16/h1-9,14-15H,10-13H2,(H,24,27). The van der Waals surface area contributed by atoms with E-state index in [0.29, 0.717) is 30.6 Å². The van der Waals surface area contributed by atoms with Crippen LogP contribution in [0, 0.1) is 5.82 Å². The van der Waals surface area contributed by atoms with Crippen molar-refractivity contribution >= 4 is 22.2 Å². The van der Waals surface area contributed by atoms with Crippen LogP contribution in [-0.2, 0) is 17.6 Å². The zero-order valence-corrected chi connectivity index (χ0v) is 16.1. The van der Waals surface area contributed by atoms with Crippen LogP contribution in [-0.4, -0.2) is 21.8 Å². The summed E-state index contributed by atoms with van der Waals surface area (Å²) < 4.78 is 16.0. The fraction of sp³-hybridized carbons (Fsp3) is 0.182. The monoisotopic (exact) mass is 393 g/mol. The molecular formula is C22H20FN3OS. The fourth-order valence-corrected chi connectivity index (χ4v) is 4.04. The summed E-state index contributed by atoms with van der Waals surface area (Å²) in [6.45, 7) is 0.629. The van der Waals surface area contributed by atoms with Gasteiger partial charge in [-0.3, -0.25) is 9.20 Å². The van der Waals surface area contributed by atoms with Gasteiger partial charge < -0.3 is 5.32 Å². The molecule has 1 N–H and O–H groups in total. The molecule has 0 saturated heterocycles. The molecular weight excluding hydrogens is 373 g/mol. The van der Waals surface area contributed by atoms with Crippen molar-refractivity contribution in [1.82, 2.24) is 14.7 Å². The molecule has 4 aromatic rings. The van der Waals surface area contributed by atoms with Crippen molar-refractivity contribution in [2.24, 2.45) is 0 Å². The fourth-order valence-electron chi connectivity index (χ4n) is 3.13. The average Bonchev–Trinajstić information content (AvgIpc) is 3.29. The van der Waals surface area contributed by atoms with E-state index in [2.05, 4.69) is 22.4 Å². The van der Waals surface area contributed by atoms with E-state index in [4.69, 9.17) is 0 Å². The molecule has 2 aromatic carbocycles. The van der Waals surface area contributed by atoms with Crippen LogP contribution >= 0.6 is 11.3 Å². The zero-order chi connectivity index (χ0) is 19.3. The molecule has 0 atom stereocenters. The minimum absolute atomic E-state index is 0.0322. The Morgan fingerprint density at radius 3 is 2.68 bits per heavy atom. The number of thiazole rings is 1. The number of benzene rings is 2. The van der Waals surface area contributed by atoms with Crippen molar-refractivity contribution in [1.29, 1.82) is 0 Å². The van der Waals surface area contributed by atoms with Gasteiger partial charge in [-0.2, -0.15) is 0 Å². The summed E-state index contributed by atoms with van der Waals surface area (Å²) in [5.41, 5.74) is 3.32. The number of fused-ring (bicyclic) bond motifs is 1. The third kappa shape index (κ3) is 4.12. The smallest absolute Gasteiger partial charge is 0.220 e. The minimum Gasteiger partial charge on any atom is -0.356 e. The van der Waals surface area contributed by atoms with Crippen LogP contribution < -0.4 is 5.32 Å². The van der Waals surface area contributed by atoms with Crippen LogP contribution in [0.3, 0.4) is 0 Å². The van der Waals surface area contributed by atoms with E-state index >= 15 is 0 Å². The van der Waals surface area contributed by atoms with E-state index < -0.39 is 0 Å². The Kier molecular flexibility index (Phi) is 5.48. The number of rotatable bonds is 7. The van der Waals surface area contributed by atoms with Crippen molar-refractivity contribution in [2.45, 2.75) is 19.3 Å². The lowest BCUT2D eigenvalue weighted by molar-refractivity contribution is -0.121. The summed E-state index contributed by atoms with van der Waals surface area (Å²) >= 11 is 1.50. The number of aryl methyl sites for hydroxylation is 1. The summed E-state index contributed by atoms with van der Waals surface area (Å²) in [5, 5.41) is 4.97. The first-order valence-corrected chi connectivity index (χ1v) is 10.1. The number of imidazole rings is 1. The molecule has 0 aliphatic carbocycles. The summed E-state index contributed by atoms with van der Waals surface area (Å²) in [4.78, 5) is 17.5. The van der Waals surface area contributed by atoms with Crippen LogP contribution in [0.1, 0.15) is 17.7 Å². The Morgan fingerprint density at radius 2 is 1.86 bits per heavy atom. The Balaban J connectivity index is 1.36. The molecule has 2 aromatic heterocycles. The summed E-state index contributed by atoms with van der Waals surface area (Å²) in [5.74, 6) is -0.252. The van der Waals surface area contributed by atoms with E-state index in [1.807, 2.05) is 34.2 Å². The van der Waals surface area contributed by atoms with Gasteiger partial charge in [-0.25, -0.2) is 9.37 Å². The van der Waals surface area contributed by atoms with Gasteiger partial charge in [0.05, 0.1) is 5.69 Å². The van der Waals surface area contributed by atoms with Crippen molar-refractivity contribution < 1.29 is 9.18 Å². The molecule has 0 aliphatic heterocycles. The summed E-state index contributed by atoms with van der Waals surface area (Å²) in [6, 6.07) is 16.7. The maximum absolute atomic E-state index is 14.0. The molecule has 2 heterocycles. The van der Waals surface area contributed by atoms with Crippen molar-refractivity contribution in [2.75, 3.05) is 6.54 Å². The predicted molar refractivity (Wildman–Crippen MR) is 110 cm³/mol. The van der Waals surface area contributed by atoms with Gasteiger partial charge in [0.25, 0.3) is 0 Å². The number of amides is 1. The Morgan fingerprint density at radius 1 is 1.07 bits per heavy atom. The Bertz CT molecular complexity index is 1090. The number of nitrogens with one attached hydrogen (secondary N) is 1. The molecule has 0 radical (unpaired) electrons. The maximum atomic E-state index is 14.0. The molecule has 28 heavy (non-hydrogen) atoms. The number of halogens is 1. The second kappa shape index (κ2) is 8.35.